The van der Waals surface area contributed by atoms with Gasteiger partial charge in [0, 0.05) is 36.2 Å². The molecule has 3 rings (SSSR count). The van der Waals surface area contributed by atoms with Gasteiger partial charge in [-0.05, 0) is 49.7 Å². The van der Waals surface area contributed by atoms with Crippen molar-refractivity contribution in [3.05, 3.63) is 63.4 Å². The van der Waals surface area contributed by atoms with E-state index in [9.17, 15) is 9.59 Å². The van der Waals surface area contributed by atoms with E-state index in [1.807, 2.05) is 44.2 Å². The molecule has 0 saturated carbocycles. The second-order valence-electron chi connectivity index (χ2n) is 6.46. The average Bonchev–Trinajstić information content (AvgIpc) is 3.14. The van der Waals surface area contributed by atoms with Gasteiger partial charge < -0.3 is 19.6 Å². The number of aromatic amines is 1. The number of carbonyl (C=O) groups is 1. The molecular weight excluding hydrogens is 360 g/mol. The van der Waals surface area contributed by atoms with Crippen LogP contribution in [0, 0.1) is 13.8 Å². The summed E-state index contributed by atoms with van der Waals surface area (Å²) in [7, 11) is 1.60. The summed E-state index contributed by atoms with van der Waals surface area (Å²) in [6.07, 6.45) is 0.505. The Hall–Kier alpha value is -3.42. The van der Waals surface area contributed by atoms with Crippen LogP contribution in [-0.4, -0.2) is 28.1 Å². The molecule has 0 aliphatic rings. The van der Waals surface area contributed by atoms with Crippen molar-refractivity contribution in [1.29, 1.82) is 0 Å². The van der Waals surface area contributed by atoms with E-state index in [1.165, 1.54) is 0 Å². The molecule has 28 heavy (non-hydrogen) atoms. The molecule has 0 spiro atoms. The number of ether oxygens (including phenoxy) is 1. The highest BCUT2D eigenvalue weighted by Crippen LogP contribution is 2.20. The molecule has 0 atom stereocenters. The zero-order valence-corrected chi connectivity index (χ0v) is 16.0. The highest BCUT2D eigenvalue weighted by atomic mass is 16.5. The predicted octanol–water partition coefficient (Wildman–Crippen LogP) is 2.30. The number of amides is 1. The number of rotatable bonds is 7. The van der Waals surface area contributed by atoms with E-state index in [-0.39, 0.29) is 24.4 Å². The van der Waals surface area contributed by atoms with Crippen LogP contribution in [0.25, 0.3) is 11.4 Å². The van der Waals surface area contributed by atoms with Crippen molar-refractivity contribution < 1.29 is 14.1 Å². The molecule has 3 aromatic rings. The maximum Gasteiger partial charge on any atom is 0.253 e. The Balaban J connectivity index is 1.54. The summed E-state index contributed by atoms with van der Waals surface area (Å²) in [6, 6.07) is 9.17. The summed E-state index contributed by atoms with van der Waals surface area (Å²) >= 11 is 0. The summed E-state index contributed by atoms with van der Waals surface area (Å²) in [5.41, 5.74) is 2.82. The van der Waals surface area contributed by atoms with Crippen LogP contribution in [0.3, 0.4) is 0 Å². The maximum absolute atomic E-state index is 12.1. The number of nitrogens with zero attached hydrogens (tertiary/aromatic N) is 2. The van der Waals surface area contributed by atoms with Gasteiger partial charge in [0.25, 0.3) is 5.56 Å². The molecule has 8 heteroatoms. The van der Waals surface area contributed by atoms with Crippen molar-refractivity contribution in [2.45, 2.75) is 33.2 Å². The van der Waals surface area contributed by atoms with Crippen molar-refractivity contribution in [2.24, 2.45) is 0 Å². The van der Waals surface area contributed by atoms with Gasteiger partial charge in [0.2, 0.25) is 17.6 Å². The SMILES string of the molecule is COc1ccc(-c2noc(CCC(=O)NCc3c(C)cc(C)[nH]c3=O)n2)cc1. The summed E-state index contributed by atoms with van der Waals surface area (Å²) in [5, 5.41) is 6.70. The van der Waals surface area contributed by atoms with Crippen LogP contribution >= 0.6 is 0 Å². The van der Waals surface area contributed by atoms with Crippen molar-refractivity contribution in [2.75, 3.05) is 7.11 Å². The maximum atomic E-state index is 12.1. The largest absolute Gasteiger partial charge is 0.497 e. The number of hydrogen-bond donors (Lipinski definition) is 2. The highest BCUT2D eigenvalue weighted by molar-refractivity contribution is 5.76. The highest BCUT2D eigenvalue weighted by Gasteiger charge is 2.12. The molecule has 1 amide bonds. The zero-order valence-electron chi connectivity index (χ0n) is 16.0. The van der Waals surface area contributed by atoms with Gasteiger partial charge in [-0.2, -0.15) is 4.98 Å². The summed E-state index contributed by atoms with van der Waals surface area (Å²) < 4.78 is 10.3. The van der Waals surface area contributed by atoms with Crippen LogP contribution in [0.5, 0.6) is 5.75 Å². The molecule has 2 aromatic heterocycles. The van der Waals surface area contributed by atoms with E-state index in [4.69, 9.17) is 9.26 Å². The molecule has 0 fully saturated rings. The molecule has 0 saturated heterocycles. The summed E-state index contributed by atoms with van der Waals surface area (Å²) in [4.78, 5) is 31.1. The summed E-state index contributed by atoms with van der Waals surface area (Å²) in [6.45, 7) is 3.85. The third-order valence-corrected chi connectivity index (χ3v) is 4.34. The predicted molar refractivity (Wildman–Crippen MR) is 103 cm³/mol. The molecule has 2 N–H and O–H groups in total. The lowest BCUT2D eigenvalue weighted by Crippen LogP contribution is -2.28. The topological polar surface area (TPSA) is 110 Å². The van der Waals surface area contributed by atoms with E-state index in [0.29, 0.717) is 23.7 Å². The fourth-order valence-electron chi connectivity index (χ4n) is 2.81. The number of methoxy groups -OCH3 is 1. The number of carbonyl (C=O) groups excluding carboxylic acids is 1. The smallest absolute Gasteiger partial charge is 0.253 e. The number of benzene rings is 1. The first kappa shape index (κ1) is 19.3. The Morgan fingerprint density at radius 1 is 1.25 bits per heavy atom. The molecular formula is C20H22N4O4. The first-order valence-corrected chi connectivity index (χ1v) is 8.89. The lowest BCUT2D eigenvalue weighted by atomic mass is 10.1. The summed E-state index contributed by atoms with van der Waals surface area (Å²) in [5.74, 6) is 1.39. The monoisotopic (exact) mass is 382 g/mol. The third kappa shape index (κ3) is 4.64. The van der Waals surface area contributed by atoms with Crippen LogP contribution in [0.4, 0.5) is 0 Å². The molecule has 2 heterocycles. The minimum atomic E-state index is -0.191. The van der Waals surface area contributed by atoms with E-state index in [0.717, 1.165) is 22.6 Å². The van der Waals surface area contributed by atoms with Gasteiger partial charge in [-0.15, -0.1) is 0 Å². The first-order valence-electron chi connectivity index (χ1n) is 8.89. The second-order valence-corrected chi connectivity index (χ2v) is 6.46. The Bertz CT molecular complexity index is 1020. The van der Waals surface area contributed by atoms with Gasteiger partial charge in [-0.3, -0.25) is 9.59 Å². The van der Waals surface area contributed by atoms with Gasteiger partial charge >= 0.3 is 0 Å². The molecule has 1 aromatic carbocycles. The van der Waals surface area contributed by atoms with Gasteiger partial charge in [-0.1, -0.05) is 5.16 Å². The van der Waals surface area contributed by atoms with Gasteiger partial charge in [0.15, 0.2) is 0 Å². The number of aromatic nitrogens is 3. The standard InChI is InChI=1S/C20H22N4O4/c1-12-10-13(2)22-20(26)16(12)11-21-17(25)8-9-18-23-19(24-28-18)14-4-6-15(27-3)7-5-14/h4-7,10H,8-9,11H2,1-3H3,(H,21,25)(H,22,26). The van der Waals surface area contributed by atoms with Crippen LogP contribution < -0.4 is 15.6 Å². The first-order chi connectivity index (χ1) is 13.5. The molecule has 0 radical (unpaired) electrons. The number of nitrogens with one attached hydrogen (secondary N) is 2. The van der Waals surface area contributed by atoms with E-state index in [2.05, 4.69) is 20.4 Å². The van der Waals surface area contributed by atoms with E-state index < -0.39 is 0 Å². The molecule has 0 bridgehead atoms. The van der Waals surface area contributed by atoms with Gasteiger partial charge in [-0.25, -0.2) is 0 Å². The van der Waals surface area contributed by atoms with Gasteiger partial charge in [0.1, 0.15) is 5.75 Å². The molecule has 146 valence electrons. The van der Waals surface area contributed by atoms with Crippen molar-refractivity contribution in [3.63, 3.8) is 0 Å². The van der Waals surface area contributed by atoms with Crippen LogP contribution in [0.15, 0.2) is 39.6 Å². The molecule has 8 nitrogen and oxygen atoms in total. The zero-order chi connectivity index (χ0) is 20.1. The fraction of sp³-hybridized carbons (Fsp3) is 0.300. The van der Waals surface area contributed by atoms with E-state index in [1.54, 1.807) is 7.11 Å². The van der Waals surface area contributed by atoms with Gasteiger partial charge in [0.05, 0.1) is 7.11 Å². The Labute approximate surface area is 161 Å². The quantitative estimate of drug-likeness (QED) is 0.649. The van der Waals surface area contributed by atoms with Crippen molar-refractivity contribution in [3.8, 4) is 17.1 Å². The molecule has 0 aliphatic heterocycles. The van der Waals surface area contributed by atoms with E-state index >= 15 is 0 Å². The second kappa shape index (κ2) is 8.51. The number of hydrogen-bond acceptors (Lipinski definition) is 6. The van der Waals surface area contributed by atoms with Crippen LogP contribution in [0.1, 0.15) is 29.1 Å². The molecule has 0 unspecified atom stereocenters. The lowest BCUT2D eigenvalue weighted by molar-refractivity contribution is -0.121. The number of pyridine rings is 1. The minimum absolute atomic E-state index is 0.182. The Morgan fingerprint density at radius 3 is 2.68 bits per heavy atom. The fourth-order valence-corrected chi connectivity index (χ4v) is 2.81. The molecule has 0 aliphatic carbocycles. The normalized spacial score (nSPS) is 10.7. The Morgan fingerprint density at radius 2 is 2.00 bits per heavy atom. The third-order valence-electron chi connectivity index (χ3n) is 4.34. The van der Waals surface area contributed by atoms with Crippen molar-refractivity contribution in [1.82, 2.24) is 20.4 Å². The number of H-pyrrole nitrogens is 1. The lowest BCUT2D eigenvalue weighted by Gasteiger charge is -2.07. The average molecular weight is 382 g/mol. The Kier molecular flexibility index (Phi) is 5.88. The number of aryl methyl sites for hydroxylation is 3. The minimum Gasteiger partial charge on any atom is -0.497 e. The van der Waals surface area contributed by atoms with Crippen LogP contribution in [-0.2, 0) is 17.8 Å². The van der Waals surface area contributed by atoms with Crippen molar-refractivity contribution >= 4 is 5.91 Å². The van der Waals surface area contributed by atoms with Crippen LogP contribution in [0.2, 0.25) is 0 Å².